The van der Waals surface area contributed by atoms with Crippen molar-refractivity contribution >= 4 is 17.1 Å². The predicted octanol–water partition coefficient (Wildman–Crippen LogP) is 1.41. The summed E-state index contributed by atoms with van der Waals surface area (Å²) < 4.78 is 0. The largest absolute Gasteiger partial charge is 0.330 e. The van der Waals surface area contributed by atoms with Crippen molar-refractivity contribution in [2.45, 2.75) is 26.2 Å². The van der Waals surface area contributed by atoms with Gasteiger partial charge in [0.1, 0.15) is 0 Å². The van der Waals surface area contributed by atoms with E-state index in [1.54, 1.807) is 11.3 Å². The summed E-state index contributed by atoms with van der Waals surface area (Å²) in [6, 6.07) is 0. The highest BCUT2D eigenvalue weighted by molar-refractivity contribution is 7.13. The van der Waals surface area contributed by atoms with Crippen LogP contribution in [0.25, 0.3) is 0 Å². The Morgan fingerprint density at radius 3 is 3.00 bits per heavy atom. The zero-order valence-corrected chi connectivity index (χ0v) is 9.06. The number of hydrogen-bond acceptors (Lipinski definition) is 4. The molecule has 4 heteroatoms. The zero-order chi connectivity index (χ0) is 10.1. The fourth-order valence-electron chi connectivity index (χ4n) is 1.78. The normalized spacial score (nSPS) is 21.0. The first-order chi connectivity index (χ1) is 6.74. The number of nitrogens with zero attached hydrogens (tertiary/aromatic N) is 1. The number of rotatable bonds is 2. The maximum atomic E-state index is 11.7. The van der Waals surface area contributed by atoms with Crippen molar-refractivity contribution in [3.63, 3.8) is 0 Å². The van der Waals surface area contributed by atoms with Crippen molar-refractivity contribution in [2.24, 2.45) is 11.7 Å². The standard InChI is InChI=1S/C10H14N2OS/c1-2-9-12-7-3-6(5-11)4-8(13)10(7)14-9/h6H,2-5,11H2,1H3. The summed E-state index contributed by atoms with van der Waals surface area (Å²) in [5.74, 6) is 0.542. The van der Waals surface area contributed by atoms with Crippen LogP contribution in [0.5, 0.6) is 0 Å². The second-order valence-electron chi connectivity index (χ2n) is 3.67. The van der Waals surface area contributed by atoms with Crippen molar-refractivity contribution < 1.29 is 4.79 Å². The topological polar surface area (TPSA) is 56.0 Å². The van der Waals surface area contributed by atoms with E-state index in [1.807, 2.05) is 0 Å². The number of carbonyl (C=O) groups is 1. The molecule has 0 radical (unpaired) electrons. The van der Waals surface area contributed by atoms with E-state index in [1.165, 1.54) is 0 Å². The lowest BCUT2D eigenvalue weighted by Crippen LogP contribution is -2.25. The number of aryl methyl sites for hydroxylation is 1. The molecule has 0 bridgehead atoms. The molecular weight excluding hydrogens is 196 g/mol. The van der Waals surface area contributed by atoms with E-state index >= 15 is 0 Å². The van der Waals surface area contributed by atoms with Crippen LogP contribution >= 0.6 is 11.3 Å². The molecule has 1 aliphatic carbocycles. The van der Waals surface area contributed by atoms with Crippen molar-refractivity contribution in [3.8, 4) is 0 Å². The number of aromatic nitrogens is 1. The summed E-state index contributed by atoms with van der Waals surface area (Å²) in [5.41, 5.74) is 6.57. The summed E-state index contributed by atoms with van der Waals surface area (Å²) in [6.07, 6.45) is 2.40. The van der Waals surface area contributed by atoms with Crippen molar-refractivity contribution in [1.29, 1.82) is 0 Å². The minimum atomic E-state index is 0.235. The van der Waals surface area contributed by atoms with Gasteiger partial charge in [-0.15, -0.1) is 11.3 Å². The average Bonchev–Trinajstić information content (AvgIpc) is 2.61. The number of ketones is 1. The number of fused-ring (bicyclic) bond motifs is 1. The molecule has 1 unspecified atom stereocenters. The fraction of sp³-hybridized carbons (Fsp3) is 0.600. The van der Waals surface area contributed by atoms with Gasteiger partial charge in [0.2, 0.25) is 0 Å². The van der Waals surface area contributed by atoms with Crippen LogP contribution in [0.3, 0.4) is 0 Å². The van der Waals surface area contributed by atoms with Crippen LogP contribution in [-0.4, -0.2) is 17.3 Å². The summed E-state index contributed by atoms with van der Waals surface area (Å²) in [6.45, 7) is 2.65. The molecule has 1 aromatic rings. The Morgan fingerprint density at radius 2 is 2.36 bits per heavy atom. The minimum Gasteiger partial charge on any atom is -0.330 e. The number of nitrogens with two attached hydrogens (primary N) is 1. The Bertz CT molecular complexity index is 359. The quantitative estimate of drug-likeness (QED) is 0.803. The number of thiazole rings is 1. The van der Waals surface area contributed by atoms with Crippen LogP contribution in [0.2, 0.25) is 0 Å². The Hall–Kier alpha value is -0.740. The lowest BCUT2D eigenvalue weighted by molar-refractivity contribution is 0.0954. The first-order valence-electron chi connectivity index (χ1n) is 4.96. The molecule has 1 aliphatic rings. The minimum absolute atomic E-state index is 0.235. The van der Waals surface area contributed by atoms with Crippen LogP contribution in [-0.2, 0) is 12.8 Å². The summed E-state index contributed by atoms with van der Waals surface area (Å²) >= 11 is 1.55. The molecule has 14 heavy (non-hydrogen) atoms. The van der Waals surface area contributed by atoms with E-state index in [-0.39, 0.29) is 5.78 Å². The molecule has 0 amide bonds. The summed E-state index contributed by atoms with van der Waals surface area (Å²) in [5, 5.41) is 1.07. The lowest BCUT2D eigenvalue weighted by atomic mass is 9.90. The van der Waals surface area contributed by atoms with Gasteiger partial charge in [-0.1, -0.05) is 6.92 Å². The van der Waals surface area contributed by atoms with Gasteiger partial charge in [-0.2, -0.15) is 0 Å². The van der Waals surface area contributed by atoms with E-state index in [9.17, 15) is 4.79 Å². The van der Waals surface area contributed by atoms with Crippen molar-refractivity contribution in [1.82, 2.24) is 4.98 Å². The maximum absolute atomic E-state index is 11.7. The van der Waals surface area contributed by atoms with Crippen LogP contribution < -0.4 is 5.73 Å². The van der Waals surface area contributed by atoms with Gasteiger partial charge >= 0.3 is 0 Å². The number of hydrogen-bond donors (Lipinski definition) is 1. The molecule has 1 aromatic heterocycles. The van der Waals surface area contributed by atoms with E-state index in [0.29, 0.717) is 18.9 Å². The second kappa shape index (κ2) is 3.79. The van der Waals surface area contributed by atoms with Crippen LogP contribution in [0, 0.1) is 5.92 Å². The smallest absolute Gasteiger partial charge is 0.175 e. The van der Waals surface area contributed by atoms with Crippen LogP contribution in [0.4, 0.5) is 0 Å². The van der Waals surface area contributed by atoms with Crippen molar-refractivity contribution in [3.05, 3.63) is 15.6 Å². The monoisotopic (exact) mass is 210 g/mol. The molecule has 0 fully saturated rings. The van der Waals surface area contributed by atoms with Gasteiger partial charge in [0, 0.05) is 6.42 Å². The van der Waals surface area contributed by atoms with Crippen molar-refractivity contribution in [2.75, 3.05) is 6.54 Å². The molecule has 0 saturated heterocycles. The maximum Gasteiger partial charge on any atom is 0.175 e. The molecule has 3 nitrogen and oxygen atoms in total. The number of Topliss-reactive ketones (excluding diaryl/α,β-unsaturated/α-hetero) is 1. The Kier molecular flexibility index (Phi) is 2.65. The van der Waals surface area contributed by atoms with Gasteiger partial charge < -0.3 is 5.73 Å². The third-order valence-corrected chi connectivity index (χ3v) is 3.87. The third-order valence-electron chi connectivity index (χ3n) is 2.59. The van der Waals surface area contributed by atoms with Crippen LogP contribution in [0.15, 0.2) is 0 Å². The molecule has 0 aromatic carbocycles. The van der Waals surface area contributed by atoms with E-state index in [4.69, 9.17) is 5.73 Å². The lowest BCUT2D eigenvalue weighted by Gasteiger charge is -2.17. The van der Waals surface area contributed by atoms with Gasteiger partial charge in [-0.25, -0.2) is 4.98 Å². The first-order valence-corrected chi connectivity index (χ1v) is 5.78. The van der Waals surface area contributed by atoms with Gasteiger partial charge in [0.05, 0.1) is 15.6 Å². The van der Waals surface area contributed by atoms with E-state index in [0.717, 1.165) is 28.4 Å². The highest BCUT2D eigenvalue weighted by Crippen LogP contribution is 2.29. The number of carbonyl (C=O) groups excluding carboxylic acids is 1. The van der Waals surface area contributed by atoms with Crippen LogP contribution in [0.1, 0.15) is 33.7 Å². The SMILES string of the molecule is CCc1nc2c(s1)C(=O)CC(CN)C2. The molecule has 0 saturated carbocycles. The van der Waals surface area contributed by atoms with E-state index < -0.39 is 0 Å². The van der Waals surface area contributed by atoms with Gasteiger partial charge in [0.15, 0.2) is 5.78 Å². The van der Waals surface area contributed by atoms with E-state index in [2.05, 4.69) is 11.9 Å². The third kappa shape index (κ3) is 1.60. The van der Waals surface area contributed by atoms with Gasteiger partial charge in [0.25, 0.3) is 0 Å². The molecule has 0 aliphatic heterocycles. The summed E-state index contributed by atoms with van der Waals surface area (Å²) in [7, 11) is 0. The van der Waals surface area contributed by atoms with Gasteiger partial charge in [-0.3, -0.25) is 4.79 Å². The fourth-order valence-corrected chi connectivity index (χ4v) is 2.76. The summed E-state index contributed by atoms with van der Waals surface area (Å²) in [4.78, 5) is 17.0. The first kappa shape index (κ1) is 9.80. The molecule has 0 spiro atoms. The Labute approximate surface area is 87.3 Å². The molecule has 2 rings (SSSR count). The molecular formula is C10H14N2OS. The molecule has 1 atom stereocenters. The molecule has 76 valence electrons. The molecule has 2 N–H and O–H groups in total. The predicted molar refractivity (Wildman–Crippen MR) is 56.7 cm³/mol. The highest BCUT2D eigenvalue weighted by Gasteiger charge is 2.27. The zero-order valence-electron chi connectivity index (χ0n) is 8.25. The molecule has 1 heterocycles. The Balaban J connectivity index is 2.33. The van der Waals surface area contributed by atoms with Gasteiger partial charge in [-0.05, 0) is 25.3 Å². The highest BCUT2D eigenvalue weighted by atomic mass is 32.1. The average molecular weight is 210 g/mol. The second-order valence-corrected chi connectivity index (χ2v) is 4.75. The Morgan fingerprint density at radius 1 is 1.57 bits per heavy atom.